The number of anilines is 1. The quantitative estimate of drug-likeness (QED) is 0.414. The first kappa shape index (κ1) is 25.2. The van der Waals surface area contributed by atoms with E-state index in [4.69, 9.17) is 5.73 Å². The fraction of sp³-hybridized carbons (Fsp3) is 0.407. The van der Waals surface area contributed by atoms with Gasteiger partial charge in [0.2, 0.25) is 5.95 Å². The Bertz CT molecular complexity index is 1420. The first-order valence-electron chi connectivity index (χ1n) is 12.7. The van der Waals surface area contributed by atoms with Crippen LogP contribution in [-0.4, -0.2) is 67.0 Å². The van der Waals surface area contributed by atoms with Crippen molar-refractivity contribution in [1.29, 1.82) is 0 Å². The molecule has 0 spiro atoms. The molecule has 2 N–H and O–H groups in total. The van der Waals surface area contributed by atoms with Gasteiger partial charge in [-0.3, -0.25) is 9.88 Å². The van der Waals surface area contributed by atoms with E-state index < -0.39 is 11.6 Å². The molecular formula is C27H32F2N8. The van der Waals surface area contributed by atoms with Gasteiger partial charge in [0.15, 0.2) is 11.6 Å². The SMILES string of the molecule is CCN1CCN(Cc2ccc(-c3c(-c4ccnc(N)n4)c(F)c4nc(C)n(C(C)C)c4c3F)nc2)CC1. The van der Waals surface area contributed by atoms with E-state index in [0.29, 0.717) is 11.5 Å². The molecule has 0 unspecified atom stereocenters. The molecule has 1 saturated heterocycles. The van der Waals surface area contributed by atoms with Crippen molar-refractivity contribution in [2.24, 2.45) is 0 Å². The number of hydrogen-bond acceptors (Lipinski definition) is 7. The van der Waals surface area contributed by atoms with Crippen LogP contribution < -0.4 is 5.73 Å². The Labute approximate surface area is 215 Å². The molecule has 4 heterocycles. The van der Waals surface area contributed by atoms with Gasteiger partial charge in [0.1, 0.15) is 16.9 Å². The van der Waals surface area contributed by atoms with Gasteiger partial charge in [-0.25, -0.2) is 23.7 Å². The van der Waals surface area contributed by atoms with E-state index in [-0.39, 0.29) is 39.8 Å². The third-order valence-corrected chi connectivity index (χ3v) is 7.04. The van der Waals surface area contributed by atoms with Crippen LogP contribution in [0, 0.1) is 18.6 Å². The van der Waals surface area contributed by atoms with Crippen LogP contribution in [0.2, 0.25) is 0 Å². The Morgan fingerprint density at radius 2 is 1.62 bits per heavy atom. The monoisotopic (exact) mass is 506 g/mol. The summed E-state index contributed by atoms with van der Waals surface area (Å²) in [5.41, 5.74) is 7.40. The van der Waals surface area contributed by atoms with E-state index in [1.165, 1.54) is 12.3 Å². The van der Waals surface area contributed by atoms with E-state index in [1.807, 2.05) is 19.9 Å². The van der Waals surface area contributed by atoms with Crippen LogP contribution in [0.3, 0.4) is 0 Å². The largest absolute Gasteiger partial charge is 0.368 e. The molecule has 5 rings (SSSR count). The Morgan fingerprint density at radius 3 is 2.24 bits per heavy atom. The van der Waals surface area contributed by atoms with E-state index in [0.717, 1.165) is 44.8 Å². The minimum atomic E-state index is -0.660. The molecule has 1 fully saturated rings. The lowest BCUT2D eigenvalue weighted by Crippen LogP contribution is -2.45. The maximum absolute atomic E-state index is 16.4. The molecule has 194 valence electrons. The minimum Gasteiger partial charge on any atom is -0.368 e. The van der Waals surface area contributed by atoms with Gasteiger partial charge in [0.25, 0.3) is 0 Å². The van der Waals surface area contributed by atoms with Crippen LogP contribution in [0.4, 0.5) is 14.7 Å². The van der Waals surface area contributed by atoms with Crippen molar-refractivity contribution in [2.45, 2.75) is 40.3 Å². The number of benzene rings is 1. The van der Waals surface area contributed by atoms with Gasteiger partial charge in [-0.05, 0) is 45.0 Å². The summed E-state index contributed by atoms with van der Waals surface area (Å²) in [6, 6.07) is 5.08. The summed E-state index contributed by atoms with van der Waals surface area (Å²) in [7, 11) is 0. The molecule has 37 heavy (non-hydrogen) atoms. The van der Waals surface area contributed by atoms with Crippen LogP contribution in [0.5, 0.6) is 0 Å². The molecule has 1 aliphatic rings. The lowest BCUT2D eigenvalue weighted by atomic mass is 9.97. The lowest BCUT2D eigenvalue weighted by molar-refractivity contribution is 0.132. The second-order valence-corrected chi connectivity index (χ2v) is 9.76. The molecule has 0 aliphatic carbocycles. The number of nitrogens with zero attached hydrogens (tertiary/aromatic N) is 7. The highest BCUT2D eigenvalue weighted by Gasteiger charge is 2.29. The summed E-state index contributed by atoms with van der Waals surface area (Å²) in [6.07, 6.45) is 3.17. The van der Waals surface area contributed by atoms with Gasteiger partial charge in [-0.1, -0.05) is 13.0 Å². The molecule has 8 nitrogen and oxygen atoms in total. The molecule has 10 heteroatoms. The highest BCUT2D eigenvalue weighted by atomic mass is 19.1. The van der Waals surface area contributed by atoms with Gasteiger partial charge in [-0.15, -0.1) is 0 Å². The lowest BCUT2D eigenvalue weighted by Gasteiger charge is -2.33. The number of nitrogens with two attached hydrogens (primary N) is 1. The summed E-state index contributed by atoms with van der Waals surface area (Å²) < 4.78 is 34.2. The number of halogens is 2. The summed E-state index contributed by atoms with van der Waals surface area (Å²) in [5.74, 6) is -0.751. The molecule has 3 aromatic heterocycles. The normalized spacial score (nSPS) is 15.2. The fourth-order valence-electron chi connectivity index (χ4n) is 5.18. The van der Waals surface area contributed by atoms with Gasteiger partial charge in [-0.2, -0.15) is 0 Å². The van der Waals surface area contributed by atoms with Crippen molar-refractivity contribution in [3.8, 4) is 22.5 Å². The van der Waals surface area contributed by atoms with E-state index in [9.17, 15) is 0 Å². The molecule has 0 radical (unpaired) electrons. The van der Waals surface area contributed by atoms with Crippen molar-refractivity contribution in [3.05, 3.63) is 53.6 Å². The van der Waals surface area contributed by atoms with Crippen LogP contribution in [0.1, 0.15) is 38.2 Å². The number of imidazole rings is 1. The standard InChI is InChI=1S/C27H32F2N8/c1-5-35-10-12-36(13-11-35)15-18-6-7-19(32-14-18)21-22(20-8-9-31-27(30)34-20)23(28)25-26(24(21)29)37(16(2)3)17(4)33-25/h6-9,14,16H,5,10-13,15H2,1-4H3,(H2,30,31,34). The number of piperazine rings is 1. The topological polar surface area (TPSA) is 89.0 Å². The van der Waals surface area contributed by atoms with Gasteiger partial charge in [0.05, 0.1) is 22.5 Å². The predicted octanol–water partition coefficient (Wildman–Crippen LogP) is 4.44. The second-order valence-electron chi connectivity index (χ2n) is 9.76. The van der Waals surface area contributed by atoms with E-state index >= 15 is 8.78 Å². The predicted molar refractivity (Wildman–Crippen MR) is 141 cm³/mol. The molecule has 0 bridgehead atoms. The molecule has 0 amide bonds. The average molecular weight is 507 g/mol. The zero-order valence-electron chi connectivity index (χ0n) is 21.7. The third kappa shape index (κ3) is 4.67. The smallest absolute Gasteiger partial charge is 0.220 e. The van der Waals surface area contributed by atoms with Crippen LogP contribution in [0.25, 0.3) is 33.5 Å². The molecule has 0 saturated carbocycles. The summed E-state index contributed by atoms with van der Waals surface area (Å²) in [4.78, 5) is 21.9. The number of nitrogen functional groups attached to an aromatic ring is 1. The van der Waals surface area contributed by atoms with Gasteiger partial charge < -0.3 is 15.2 Å². The van der Waals surface area contributed by atoms with E-state index in [1.54, 1.807) is 23.8 Å². The van der Waals surface area contributed by atoms with Crippen molar-refractivity contribution >= 4 is 17.0 Å². The number of aryl methyl sites for hydroxylation is 1. The molecule has 1 aromatic carbocycles. The molecule has 0 atom stereocenters. The van der Waals surface area contributed by atoms with Crippen molar-refractivity contribution < 1.29 is 8.78 Å². The number of rotatable bonds is 6. The number of pyridine rings is 1. The maximum Gasteiger partial charge on any atom is 0.220 e. The van der Waals surface area contributed by atoms with Crippen molar-refractivity contribution in [1.82, 2.24) is 34.3 Å². The maximum atomic E-state index is 16.4. The average Bonchev–Trinajstić information content (AvgIpc) is 3.25. The molecular weight excluding hydrogens is 474 g/mol. The highest BCUT2D eigenvalue weighted by molar-refractivity contribution is 5.94. The van der Waals surface area contributed by atoms with Crippen LogP contribution in [0.15, 0.2) is 30.6 Å². The van der Waals surface area contributed by atoms with Crippen molar-refractivity contribution in [3.63, 3.8) is 0 Å². The summed E-state index contributed by atoms with van der Waals surface area (Å²) in [6.45, 7) is 13.6. The van der Waals surface area contributed by atoms with Crippen LogP contribution >= 0.6 is 0 Å². The summed E-state index contributed by atoms with van der Waals surface area (Å²) in [5, 5.41) is 0. The Hall–Kier alpha value is -3.50. The van der Waals surface area contributed by atoms with E-state index in [2.05, 4.69) is 36.7 Å². The zero-order valence-corrected chi connectivity index (χ0v) is 21.7. The highest BCUT2D eigenvalue weighted by Crippen LogP contribution is 2.41. The first-order chi connectivity index (χ1) is 17.8. The Balaban J connectivity index is 1.62. The number of aromatic nitrogens is 5. The third-order valence-electron chi connectivity index (χ3n) is 7.04. The van der Waals surface area contributed by atoms with Gasteiger partial charge in [0, 0.05) is 51.2 Å². The number of hydrogen-bond donors (Lipinski definition) is 1. The molecule has 1 aliphatic heterocycles. The number of likely N-dealkylation sites (N-methyl/N-ethyl adjacent to an activating group) is 1. The summed E-state index contributed by atoms with van der Waals surface area (Å²) >= 11 is 0. The second kappa shape index (κ2) is 10.1. The fourth-order valence-corrected chi connectivity index (χ4v) is 5.18. The first-order valence-corrected chi connectivity index (χ1v) is 12.7. The minimum absolute atomic E-state index is 0.0246. The molecule has 4 aromatic rings. The van der Waals surface area contributed by atoms with Crippen LogP contribution in [-0.2, 0) is 6.54 Å². The van der Waals surface area contributed by atoms with Gasteiger partial charge >= 0.3 is 0 Å². The van der Waals surface area contributed by atoms with Crippen molar-refractivity contribution in [2.75, 3.05) is 38.5 Å². The number of fused-ring (bicyclic) bond motifs is 1. The Kier molecular flexibility index (Phi) is 6.87. The Morgan fingerprint density at radius 1 is 0.919 bits per heavy atom. The zero-order chi connectivity index (χ0) is 26.3.